The maximum atomic E-state index is 13.2. The van der Waals surface area contributed by atoms with Gasteiger partial charge in [-0.2, -0.15) is 0 Å². The standard InChI is InChI=1S/C19H18FNO3S/c1-12(2)10-21-18(22)16(13-5-7-14(20)8-6-13)17(19(21)23)25-11-15-4-3-9-24-15/h3-9,12H,10-11H2,1-2H3. The highest BCUT2D eigenvalue weighted by Gasteiger charge is 2.39. The molecule has 0 saturated carbocycles. The van der Waals surface area contributed by atoms with Crippen LogP contribution in [0.2, 0.25) is 0 Å². The highest BCUT2D eigenvalue weighted by molar-refractivity contribution is 8.03. The van der Waals surface area contributed by atoms with E-state index in [0.29, 0.717) is 28.3 Å². The summed E-state index contributed by atoms with van der Waals surface area (Å²) in [4.78, 5) is 27.3. The van der Waals surface area contributed by atoms with Crippen molar-refractivity contribution in [3.05, 3.63) is 64.7 Å². The zero-order valence-corrected chi connectivity index (χ0v) is 14.8. The van der Waals surface area contributed by atoms with Crippen LogP contribution in [0, 0.1) is 11.7 Å². The maximum absolute atomic E-state index is 13.2. The first-order valence-electron chi connectivity index (χ1n) is 7.99. The summed E-state index contributed by atoms with van der Waals surface area (Å²) < 4.78 is 18.5. The number of nitrogens with zero attached hydrogens (tertiary/aromatic N) is 1. The molecule has 1 aliphatic rings. The molecule has 3 rings (SSSR count). The molecule has 4 nitrogen and oxygen atoms in total. The van der Waals surface area contributed by atoms with E-state index in [1.165, 1.54) is 40.9 Å². The van der Waals surface area contributed by atoms with Crippen LogP contribution in [0.5, 0.6) is 0 Å². The number of hydrogen-bond donors (Lipinski definition) is 0. The summed E-state index contributed by atoms with van der Waals surface area (Å²) in [5, 5.41) is 0. The van der Waals surface area contributed by atoms with Gasteiger partial charge < -0.3 is 4.42 Å². The van der Waals surface area contributed by atoms with Crippen molar-refractivity contribution >= 4 is 29.1 Å². The molecule has 0 unspecified atom stereocenters. The first-order chi connectivity index (χ1) is 12.0. The Labute approximate surface area is 149 Å². The molecule has 1 aromatic carbocycles. The van der Waals surface area contributed by atoms with Gasteiger partial charge in [0.25, 0.3) is 11.8 Å². The number of thioether (sulfide) groups is 1. The number of carbonyl (C=O) groups is 2. The van der Waals surface area contributed by atoms with Gasteiger partial charge in [-0.1, -0.05) is 26.0 Å². The first kappa shape index (κ1) is 17.5. The van der Waals surface area contributed by atoms with E-state index < -0.39 is 0 Å². The summed E-state index contributed by atoms with van der Waals surface area (Å²) >= 11 is 1.27. The topological polar surface area (TPSA) is 50.5 Å². The molecule has 2 heterocycles. The average molecular weight is 359 g/mol. The number of amides is 2. The Hall–Kier alpha value is -2.34. The lowest BCUT2D eigenvalue weighted by Crippen LogP contribution is -2.34. The number of hydrogen-bond acceptors (Lipinski definition) is 4. The van der Waals surface area contributed by atoms with Crippen LogP contribution in [0.4, 0.5) is 4.39 Å². The summed E-state index contributed by atoms with van der Waals surface area (Å²) in [6, 6.07) is 9.24. The van der Waals surface area contributed by atoms with E-state index in [4.69, 9.17) is 4.42 Å². The molecule has 6 heteroatoms. The van der Waals surface area contributed by atoms with E-state index in [9.17, 15) is 14.0 Å². The molecule has 0 N–H and O–H groups in total. The van der Waals surface area contributed by atoms with Gasteiger partial charge in [0.05, 0.1) is 22.5 Å². The Morgan fingerprint density at radius 1 is 1.12 bits per heavy atom. The lowest BCUT2D eigenvalue weighted by Gasteiger charge is -2.17. The molecule has 0 bridgehead atoms. The molecule has 0 spiro atoms. The Morgan fingerprint density at radius 2 is 1.84 bits per heavy atom. The maximum Gasteiger partial charge on any atom is 0.268 e. The smallest absolute Gasteiger partial charge is 0.268 e. The molecule has 0 atom stereocenters. The van der Waals surface area contributed by atoms with Crippen molar-refractivity contribution in [2.75, 3.05) is 6.54 Å². The first-order valence-corrected chi connectivity index (χ1v) is 8.97. The van der Waals surface area contributed by atoms with Gasteiger partial charge in [-0.15, -0.1) is 11.8 Å². The van der Waals surface area contributed by atoms with Crippen LogP contribution in [-0.2, 0) is 15.3 Å². The Morgan fingerprint density at radius 3 is 2.44 bits per heavy atom. The number of furan rings is 1. The molecule has 130 valence electrons. The predicted molar refractivity (Wildman–Crippen MR) is 94.9 cm³/mol. The van der Waals surface area contributed by atoms with Crippen LogP contribution < -0.4 is 0 Å². The summed E-state index contributed by atoms with van der Waals surface area (Å²) in [7, 11) is 0. The Bertz CT molecular complexity index is 810. The molecule has 25 heavy (non-hydrogen) atoms. The minimum atomic E-state index is -0.384. The zero-order chi connectivity index (χ0) is 18.0. The lowest BCUT2D eigenvalue weighted by molar-refractivity contribution is -0.137. The van der Waals surface area contributed by atoms with Gasteiger partial charge in [0, 0.05) is 6.54 Å². The van der Waals surface area contributed by atoms with Crippen LogP contribution in [0.15, 0.2) is 52.0 Å². The fraction of sp³-hybridized carbons (Fsp3) is 0.263. The largest absolute Gasteiger partial charge is 0.468 e. The molecule has 0 radical (unpaired) electrons. The van der Waals surface area contributed by atoms with Crippen molar-refractivity contribution in [1.29, 1.82) is 0 Å². The number of halogens is 1. The quantitative estimate of drug-likeness (QED) is 0.729. The van der Waals surface area contributed by atoms with Crippen molar-refractivity contribution in [2.45, 2.75) is 19.6 Å². The molecule has 0 saturated heterocycles. The fourth-order valence-corrected chi connectivity index (χ4v) is 3.66. The van der Waals surface area contributed by atoms with Crippen molar-refractivity contribution in [3.8, 4) is 0 Å². The Kier molecular flexibility index (Phi) is 5.08. The van der Waals surface area contributed by atoms with Crippen LogP contribution in [0.3, 0.4) is 0 Å². The van der Waals surface area contributed by atoms with Crippen molar-refractivity contribution < 1.29 is 18.4 Å². The third-order valence-electron chi connectivity index (χ3n) is 3.74. The fourth-order valence-electron chi connectivity index (χ4n) is 2.63. The van der Waals surface area contributed by atoms with Gasteiger partial charge >= 0.3 is 0 Å². The van der Waals surface area contributed by atoms with E-state index in [1.54, 1.807) is 12.3 Å². The van der Waals surface area contributed by atoms with E-state index in [2.05, 4.69) is 0 Å². The van der Waals surface area contributed by atoms with E-state index in [-0.39, 0.29) is 23.5 Å². The molecule has 2 aromatic rings. The van der Waals surface area contributed by atoms with E-state index >= 15 is 0 Å². The molecule has 1 aliphatic heterocycles. The number of benzene rings is 1. The zero-order valence-electron chi connectivity index (χ0n) is 14.0. The highest BCUT2D eigenvalue weighted by atomic mass is 32.2. The monoisotopic (exact) mass is 359 g/mol. The second-order valence-electron chi connectivity index (χ2n) is 6.19. The van der Waals surface area contributed by atoms with Gasteiger partial charge in [-0.05, 0) is 35.7 Å². The molecule has 0 aliphatic carbocycles. The molecule has 0 fully saturated rings. The van der Waals surface area contributed by atoms with Crippen molar-refractivity contribution in [1.82, 2.24) is 4.90 Å². The second kappa shape index (κ2) is 7.27. The minimum absolute atomic E-state index is 0.164. The lowest BCUT2D eigenvalue weighted by atomic mass is 10.1. The minimum Gasteiger partial charge on any atom is -0.468 e. The van der Waals surface area contributed by atoms with E-state index in [0.717, 1.165) is 5.76 Å². The second-order valence-corrected chi connectivity index (χ2v) is 7.18. The normalized spacial score (nSPS) is 15.0. The number of rotatable bonds is 6. The average Bonchev–Trinajstić information content (AvgIpc) is 3.16. The molecular formula is C19H18FNO3S. The highest BCUT2D eigenvalue weighted by Crippen LogP contribution is 2.37. The van der Waals surface area contributed by atoms with Crippen LogP contribution in [0.1, 0.15) is 25.2 Å². The van der Waals surface area contributed by atoms with Crippen LogP contribution >= 0.6 is 11.8 Å². The summed E-state index contributed by atoms with van der Waals surface area (Å²) in [5.41, 5.74) is 0.884. The Balaban J connectivity index is 1.96. The summed E-state index contributed by atoms with van der Waals surface area (Å²) in [5.74, 6) is 0.323. The molecule has 1 aromatic heterocycles. The van der Waals surface area contributed by atoms with Gasteiger partial charge in [-0.25, -0.2) is 4.39 Å². The van der Waals surface area contributed by atoms with Crippen LogP contribution in [-0.4, -0.2) is 23.3 Å². The van der Waals surface area contributed by atoms with Gasteiger partial charge in [0.1, 0.15) is 11.6 Å². The van der Waals surface area contributed by atoms with E-state index in [1.807, 2.05) is 19.9 Å². The number of imide groups is 1. The number of carbonyl (C=O) groups excluding carboxylic acids is 2. The predicted octanol–water partition coefficient (Wildman–Crippen LogP) is 4.09. The summed E-state index contributed by atoms with van der Waals surface area (Å²) in [6.07, 6.45) is 1.57. The summed E-state index contributed by atoms with van der Waals surface area (Å²) in [6.45, 7) is 4.26. The SMILES string of the molecule is CC(C)CN1C(=O)C(SCc2ccco2)=C(c2ccc(F)cc2)C1=O. The third kappa shape index (κ3) is 3.69. The van der Waals surface area contributed by atoms with Gasteiger partial charge in [-0.3, -0.25) is 14.5 Å². The third-order valence-corrected chi connectivity index (χ3v) is 4.84. The molecule has 2 amide bonds. The van der Waals surface area contributed by atoms with Crippen molar-refractivity contribution in [2.24, 2.45) is 5.92 Å². The van der Waals surface area contributed by atoms with Gasteiger partial charge in [0.2, 0.25) is 0 Å². The van der Waals surface area contributed by atoms with Crippen molar-refractivity contribution in [3.63, 3.8) is 0 Å². The molecular weight excluding hydrogens is 341 g/mol. The van der Waals surface area contributed by atoms with Gasteiger partial charge in [0.15, 0.2) is 0 Å². The van der Waals surface area contributed by atoms with Crippen LogP contribution in [0.25, 0.3) is 5.57 Å².